The second kappa shape index (κ2) is 6.97. The minimum Gasteiger partial charge on any atom is -0.337 e. The Hall–Kier alpha value is -2.19. The van der Waals surface area contributed by atoms with E-state index in [9.17, 15) is 13.2 Å². The molecule has 0 atom stereocenters. The molecule has 2 heterocycles. The van der Waals surface area contributed by atoms with Gasteiger partial charge in [-0.15, -0.1) is 0 Å². The third kappa shape index (κ3) is 3.59. The standard InChI is InChI=1S/C17H22N4O3S/c1-14-18-16(13-19(14)2)25(23,24)21-10-6-9-20(11-12-21)17(22)15-7-4-3-5-8-15/h3-5,7-8,13H,6,9-12H2,1-2H3. The van der Waals surface area contributed by atoms with E-state index in [0.717, 1.165) is 0 Å². The summed E-state index contributed by atoms with van der Waals surface area (Å²) in [5, 5.41) is 0.0651. The Bertz CT molecular complexity index is 842. The van der Waals surface area contributed by atoms with Crippen LogP contribution >= 0.6 is 0 Å². The molecule has 0 aliphatic carbocycles. The lowest BCUT2D eigenvalue weighted by Gasteiger charge is -2.21. The number of carbonyl (C=O) groups excluding carboxylic acids is 1. The monoisotopic (exact) mass is 362 g/mol. The van der Waals surface area contributed by atoms with Gasteiger partial charge in [0.1, 0.15) is 5.82 Å². The first-order valence-corrected chi connectivity index (χ1v) is 9.68. The summed E-state index contributed by atoms with van der Waals surface area (Å²) in [7, 11) is -1.87. The summed E-state index contributed by atoms with van der Waals surface area (Å²) in [6, 6.07) is 9.07. The molecule has 0 spiro atoms. The topological polar surface area (TPSA) is 75.5 Å². The number of hydrogen-bond donors (Lipinski definition) is 0. The Balaban J connectivity index is 1.74. The van der Waals surface area contributed by atoms with Crippen molar-refractivity contribution in [3.05, 3.63) is 47.9 Å². The van der Waals surface area contributed by atoms with Gasteiger partial charge in [-0.3, -0.25) is 4.79 Å². The van der Waals surface area contributed by atoms with Crippen molar-refractivity contribution in [3.8, 4) is 0 Å². The average Bonchev–Trinajstić information content (AvgIpc) is 2.82. The van der Waals surface area contributed by atoms with Gasteiger partial charge in [-0.05, 0) is 25.5 Å². The number of nitrogens with zero attached hydrogens (tertiary/aromatic N) is 4. The summed E-state index contributed by atoms with van der Waals surface area (Å²) >= 11 is 0. The van der Waals surface area contributed by atoms with Gasteiger partial charge in [-0.2, -0.15) is 4.31 Å². The van der Waals surface area contributed by atoms with E-state index in [2.05, 4.69) is 4.98 Å². The number of rotatable bonds is 3. The molecule has 1 saturated heterocycles. The second-order valence-electron chi connectivity index (χ2n) is 6.15. The highest BCUT2D eigenvalue weighted by Crippen LogP contribution is 2.18. The average molecular weight is 362 g/mol. The fraction of sp³-hybridized carbons (Fsp3) is 0.412. The third-order valence-corrected chi connectivity index (χ3v) is 6.22. The molecule has 1 amide bonds. The lowest BCUT2D eigenvalue weighted by atomic mass is 10.2. The van der Waals surface area contributed by atoms with Gasteiger partial charge in [0.2, 0.25) is 0 Å². The Morgan fingerprint density at radius 2 is 1.80 bits per heavy atom. The molecule has 0 N–H and O–H groups in total. The number of imidazole rings is 1. The van der Waals surface area contributed by atoms with E-state index < -0.39 is 10.0 Å². The Morgan fingerprint density at radius 1 is 1.08 bits per heavy atom. The Kier molecular flexibility index (Phi) is 4.91. The lowest BCUT2D eigenvalue weighted by Crippen LogP contribution is -2.37. The zero-order valence-electron chi connectivity index (χ0n) is 14.4. The minimum absolute atomic E-state index is 0.0615. The highest BCUT2D eigenvalue weighted by atomic mass is 32.2. The van der Waals surface area contributed by atoms with Crippen LogP contribution in [0.15, 0.2) is 41.6 Å². The van der Waals surface area contributed by atoms with Crippen molar-refractivity contribution in [1.82, 2.24) is 18.8 Å². The largest absolute Gasteiger partial charge is 0.337 e. The maximum Gasteiger partial charge on any atom is 0.262 e. The van der Waals surface area contributed by atoms with Gasteiger partial charge in [0.05, 0.1) is 0 Å². The molecule has 7 nitrogen and oxygen atoms in total. The van der Waals surface area contributed by atoms with E-state index in [0.29, 0.717) is 37.4 Å². The molecule has 1 aliphatic rings. The SMILES string of the molecule is Cc1nc(S(=O)(=O)N2CCCN(C(=O)c3ccccc3)CC2)cn1C. The molecule has 1 aromatic heterocycles. The fourth-order valence-electron chi connectivity index (χ4n) is 2.88. The predicted octanol–water partition coefficient (Wildman–Crippen LogP) is 1.27. The minimum atomic E-state index is -3.64. The van der Waals surface area contributed by atoms with Crippen LogP contribution < -0.4 is 0 Å². The summed E-state index contributed by atoms with van der Waals surface area (Å²) in [6.45, 7) is 3.34. The van der Waals surface area contributed by atoms with Crippen LogP contribution in [0.4, 0.5) is 0 Å². The number of amides is 1. The van der Waals surface area contributed by atoms with Crippen LogP contribution in [0, 0.1) is 6.92 Å². The Labute approximate surface area is 147 Å². The van der Waals surface area contributed by atoms with Gasteiger partial charge in [-0.25, -0.2) is 13.4 Å². The van der Waals surface area contributed by atoms with Gasteiger partial charge in [0, 0.05) is 45.0 Å². The number of sulfonamides is 1. The van der Waals surface area contributed by atoms with E-state index in [1.54, 1.807) is 35.6 Å². The number of benzene rings is 1. The molecule has 8 heteroatoms. The zero-order chi connectivity index (χ0) is 18.0. The first-order chi connectivity index (χ1) is 11.9. The van der Waals surface area contributed by atoms with Crippen LogP contribution in [0.3, 0.4) is 0 Å². The number of hydrogen-bond acceptors (Lipinski definition) is 4. The highest BCUT2D eigenvalue weighted by molar-refractivity contribution is 7.89. The van der Waals surface area contributed by atoms with Gasteiger partial charge in [0.15, 0.2) is 5.03 Å². The van der Waals surface area contributed by atoms with Crippen LogP contribution in [-0.4, -0.2) is 59.3 Å². The van der Waals surface area contributed by atoms with Crippen molar-refractivity contribution >= 4 is 15.9 Å². The summed E-state index contributed by atoms with van der Waals surface area (Å²) in [6.07, 6.45) is 2.13. The van der Waals surface area contributed by atoms with Gasteiger partial charge >= 0.3 is 0 Å². The molecule has 1 aromatic carbocycles. The quantitative estimate of drug-likeness (QED) is 0.824. The molecule has 2 aromatic rings. The molecule has 0 unspecified atom stereocenters. The van der Waals surface area contributed by atoms with E-state index in [1.165, 1.54) is 10.5 Å². The van der Waals surface area contributed by atoms with E-state index >= 15 is 0 Å². The van der Waals surface area contributed by atoms with Crippen molar-refractivity contribution in [2.75, 3.05) is 26.2 Å². The van der Waals surface area contributed by atoms with Crippen molar-refractivity contribution in [2.45, 2.75) is 18.4 Å². The maximum absolute atomic E-state index is 12.8. The number of aryl methyl sites for hydroxylation is 2. The third-order valence-electron chi connectivity index (χ3n) is 4.45. The van der Waals surface area contributed by atoms with Gasteiger partial charge < -0.3 is 9.47 Å². The molecule has 0 bridgehead atoms. The molecule has 3 rings (SSSR count). The van der Waals surface area contributed by atoms with Crippen LogP contribution in [0.25, 0.3) is 0 Å². The lowest BCUT2D eigenvalue weighted by molar-refractivity contribution is 0.0764. The van der Waals surface area contributed by atoms with Crippen LogP contribution in [0.5, 0.6) is 0 Å². The van der Waals surface area contributed by atoms with Crippen molar-refractivity contribution in [2.24, 2.45) is 7.05 Å². The molecule has 1 fully saturated rings. The molecular weight excluding hydrogens is 340 g/mol. The molecule has 25 heavy (non-hydrogen) atoms. The van der Waals surface area contributed by atoms with E-state index in [1.807, 2.05) is 18.2 Å². The van der Waals surface area contributed by atoms with Crippen LogP contribution in [0.2, 0.25) is 0 Å². The summed E-state index contributed by atoms with van der Waals surface area (Å²) in [4.78, 5) is 18.4. The fourth-order valence-corrected chi connectivity index (χ4v) is 4.38. The van der Waals surface area contributed by atoms with Crippen LogP contribution in [0.1, 0.15) is 22.6 Å². The maximum atomic E-state index is 12.8. The molecule has 1 aliphatic heterocycles. The Morgan fingerprint density at radius 3 is 2.44 bits per heavy atom. The van der Waals surface area contributed by atoms with Crippen molar-refractivity contribution in [1.29, 1.82) is 0 Å². The highest BCUT2D eigenvalue weighted by Gasteiger charge is 2.30. The normalized spacial score (nSPS) is 16.6. The van der Waals surface area contributed by atoms with Crippen molar-refractivity contribution in [3.63, 3.8) is 0 Å². The van der Waals surface area contributed by atoms with E-state index in [4.69, 9.17) is 0 Å². The first kappa shape index (κ1) is 17.6. The number of carbonyl (C=O) groups is 1. The summed E-state index contributed by atoms with van der Waals surface area (Å²) in [5.74, 6) is 0.586. The zero-order valence-corrected chi connectivity index (χ0v) is 15.2. The smallest absolute Gasteiger partial charge is 0.262 e. The van der Waals surface area contributed by atoms with E-state index in [-0.39, 0.29) is 17.5 Å². The van der Waals surface area contributed by atoms with Gasteiger partial charge in [-0.1, -0.05) is 18.2 Å². The van der Waals surface area contributed by atoms with Crippen molar-refractivity contribution < 1.29 is 13.2 Å². The van der Waals surface area contributed by atoms with Crippen LogP contribution in [-0.2, 0) is 17.1 Å². The number of aromatic nitrogens is 2. The first-order valence-electron chi connectivity index (χ1n) is 8.24. The molecule has 0 saturated carbocycles. The molecular formula is C17H22N4O3S. The molecule has 134 valence electrons. The molecule has 0 radical (unpaired) electrons. The summed E-state index contributed by atoms with van der Waals surface area (Å²) in [5.41, 5.74) is 0.624. The predicted molar refractivity (Wildman–Crippen MR) is 93.7 cm³/mol. The summed E-state index contributed by atoms with van der Waals surface area (Å²) < 4.78 is 28.7. The van der Waals surface area contributed by atoms with Gasteiger partial charge in [0.25, 0.3) is 15.9 Å². The second-order valence-corrected chi connectivity index (χ2v) is 8.04.